The lowest BCUT2D eigenvalue weighted by Crippen LogP contribution is -2.12. The number of hydrogen-bond acceptors (Lipinski definition) is 3. The van der Waals surface area contributed by atoms with Gasteiger partial charge in [-0.2, -0.15) is 0 Å². The van der Waals surface area contributed by atoms with E-state index in [1.54, 1.807) is 6.92 Å². The minimum absolute atomic E-state index is 0.0543. The molecule has 1 atom stereocenters. The SMILES string of the molecule is CCC(CC=CCCCCCCC(C)=O)CC(=O)OCCC(C)C. The number of esters is 1. The number of Topliss-reactive ketones (excluding diaryl/α,β-unsaturated/α-hetero) is 1. The molecule has 0 saturated carbocycles. The molecule has 1 unspecified atom stereocenters. The molecule has 0 bridgehead atoms. The van der Waals surface area contributed by atoms with Crippen molar-refractivity contribution in [2.24, 2.45) is 11.8 Å². The normalized spacial score (nSPS) is 12.7. The Bertz CT molecular complexity index is 358. The average molecular weight is 339 g/mol. The van der Waals surface area contributed by atoms with Gasteiger partial charge in [-0.25, -0.2) is 0 Å². The molecule has 0 aromatic heterocycles. The fourth-order valence-corrected chi connectivity index (χ4v) is 2.49. The summed E-state index contributed by atoms with van der Waals surface area (Å²) in [4.78, 5) is 22.6. The first-order valence-corrected chi connectivity index (χ1v) is 9.75. The summed E-state index contributed by atoms with van der Waals surface area (Å²) in [6.07, 6.45) is 14.2. The fourth-order valence-electron chi connectivity index (χ4n) is 2.49. The Balaban J connectivity index is 3.69. The van der Waals surface area contributed by atoms with E-state index in [4.69, 9.17) is 4.74 Å². The Morgan fingerprint density at radius 2 is 1.75 bits per heavy atom. The molecular formula is C21H38O3. The first kappa shape index (κ1) is 22.9. The van der Waals surface area contributed by atoms with Crippen LogP contribution < -0.4 is 0 Å². The molecule has 3 nitrogen and oxygen atoms in total. The van der Waals surface area contributed by atoms with E-state index in [0.29, 0.717) is 30.6 Å². The lowest BCUT2D eigenvalue weighted by Gasteiger charge is -2.12. The Kier molecular flexibility index (Phi) is 14.7. The van der Waals surface area contributed by atoms with E-state index in [1.807, 2.05) is 0 Å². The van der Waals surface area contributed by atoms with Crippen LogP contribution in [0.1, 0.15) is 91.9 Å². The molecule has 0 heterocycles. The molecule has 0 aromatic carbocycles. The van der Waals surface area contributed by atoms with Gasteiger partial charge in [0.2, 0.25) is 0 Å². The maximum absolute atomic E-state index is 11.8. The van der Waals surface area contributed by atoms with Crippen molar-refractivity contribution in [3.05, 3.63) is 12.2 Å². The standard InChI is InChI=1S/C21H38O3/c1-5-20(17-21(23)24-16-15-18(2)3)14-12-10-8-6-7-9-11-13-19(4)22/h10,12,18,20H,5-9,11,13-17H2,1-4H3. The molecule has 0 spiro atoms. The highest BCUT2D eigenvalue weighted by Gasteiger charge is 2.12. The van der Waals surface area contributed by atoms with Crippen molar-refractivity contribution in [3.63, 3.8) is 0 Å². The van der Waals surface area contributed by atoms with Crippen LogP contribution in [-0.4, -0.2) is 18.4 Å². The molecule has 24 heavy (non-hydrogen) atoms. The Morgan fingerprint density at radius 1 is 1.04 bits per heavy atom. The minimum atomic E-state index is -0.0543. The first-order valence-electron chi connectivity index (χ1n) is 9.75. The van der Waals surface area contributed by atoms with Gasteiger partial charge in [-0.3, -0.25) is 4.79 Å². The van der Waals surface area contributed by atoms with E-state index in [9.17, 15) is 9.59 Å². The van der Waals surface area contributed by atoms with Crippen molar-refractivity contribution in [2.45, 2.75) is 91.9 Å². The summed E-state index contributed by atoms with van der Waals surface area (Å²) in [6, 6.07) is 0. The predicted molar refractivity (Wildman–Crippen MR) is 101 cm³/mol. The van der Waals surface area contributed by atoms with E-state index < -0.39 is 0 Å². The molecule has 0 amide bonds. The second kappa shape index (κ2) is 15.4. The molecule has 0 rings (SSSR count). The molecule has 0 saturated heterocycles. The highest BCUT2D eigenvalue weighted by Crippen LogP contribution is 2.16. The van der Waals surface area contributed by atoms with Gasteiger partial charge < -0.3 is 9.53 Å². The topological polar surface area (TPSA) is 43.4 Å². The largest absolute Gasteiger partial charge is 0.466 e. The van der Waals surface area contributed by atoms with Gasteiger partial charge in [-0.1, -0.05) is 52.2 Å². The predicted octanol–water partition coefficient (Wildman–Crippen LogP) is 5.87. The molecule has 0 radical (unpaired) electrons. The number of unbranched alkanes of at least 4 members (excludes halogenated alkanes) is 4. The quantitative estimate of drug-likeness (QED) is 0.213. The van der Waals surface area contributed by atoms with Crippen LogP contribution in [-0.2, 0) is 14.3 Å². The van der Waals surface area contributed by atoms with E-state index in [1.165, 1.54) is 12.8 Å². The Hall–Kier alpha value is -1.12. The summed E-state index contributed by atoms with van der Waals surface area (Å²) in [5.41, 5.74) is 0. The summed E-state index contributed by atoms with van der Waals surface area (Å²) in [7, 11) is 0. The molecule has 3 heteroatoms. The number of carbonyl (C=O) groups excluding carboxylic acids is 2. The molecular weight excluding hydrogens is 300 g/mol. The van der Waals surface area contributed by atoms with Gasteiger partial charge in [0.15, 0.2) is 0 Å². The Morgan fingerprint density at radius 3 is 2.38 bits per heavy atom. The van der Waals surface area contributed by atoms with Gasteiger partial charge in [0.1, 0.15) is 5.78 Å². The zero-order valence-electron chi connectivity index (χ0n) is 16.3. The average Bonchev–Trinajstić information content (AvgIpc) is 2.51. The van der Waals surface area contributed by atoms with Crippen LogP contribution in [0.2, 0.25) is 0 Å². The Labute approximate surface area is 149 Å². The molecule has 0 aliphatic heterocycles. The van der Waals surface area contributed by atoms with Gasteiger partial charge >= 0.3 is 5.97 Å². The van der Waals surface area contributed by atoms with Crippen LogP contribution in [0.3, 0.4) is 0 Å². The summed E-state index contributed by atoms with van der Waals surface area (Å²) in [5, 5.41) is 0. The number of allylic oxidation sites excluding steroid dienone is 2. The van der Waals surface area contributed by atoms with Crippen molar-refractivity contribution >= 4 is 11.8 Å². The second-order valence-corrected chi connectivity index (χ2v) is 7.24. The van der Waals surface area contributed by atoms with E-state index >= 15 is 0 Å². The van der Waals surface area contributed by atoms with Crippen molar-refractivity contribution in [2.75, 3.05) is 6.61 Å². The van der Waals surface area contributed by atoms with Crippen molar-refractivity contribution < 1.29 is 14.3 Å². The summed E-state index contributed by atoms with van der Waals surface area (Å²) < 4.78 is 5.30. The molecule has 0 fully saturated rings. The van der Waals surface area contributed by atoms with Gasteiger partial charge in [-0.15, -0.1) is 0 Å². The first-order chi connectivity index (χ1) is 11.5. The van der Waals surface area contributed by atoms with Gasteiger partial charge in [-0.05, 0) is 50.9 Å². The van der Waals surface area contributed by atoms with Crippen LogP contribution in [0.25, 0.3) is 0 Å². The lowest BCUT2D eigenvalue weighted by atomic mass is 9.98. The van der Waals surface area contributed by atoms with Gasteiger partial charge in [0, 0.05) is 12.8 Å². The van der Waals surface area contributed by atoms with Crippen molar-refractivity contribution in [3.8, 4) is 0 Å². The smallest absolute Gasteiger partial charge is 0.306 e. The third kappa shape index (κ3) is 15.8. The van der Waals surface area contributed by atoms with Crippen LogP contribution >= 0.6 is 0 Å². The molecule has 0 aromatic rings. The number of rotatable bonds is 15. The molecule has 140 valence electrons. The number of ether oxygens (including phenoxy) is 1. The monoisotopic (exact) mass is 338 g/mol. The number of hydrogen-bond donors (Lipinski definition) is 0. The summed E-state index contributed by atoms with van der Waals surface area (Å²) >= 11 is 0. The molecule has 0 aliphatic carbocycles. The zero-order chi connectivity index (χ0) is 18.2. The number of carbonyl (C=O) groups is 2. The maximum Gasteiger partial charge on any atom is 0.306 e. The van der Waals surface area contributed by atoms with E-state index in [-0.39, 0.29) is 5.97 Å². The summed E-state index contributed by atoms with van der Waals surface area (Å²) in [6.45, 7) is 8.61. The van der Waals surface area contributed by atoms with Crippen LogP contribution in [0, 0.1) is 11.8 Å². The second-order valence-electron chi connectivity index (χ2n) is 7.24. The zero-order valence-corrected chi connectivity index (χ0v) is 16.3. The third-order valence-corrected chi connectivity index (χ3v) is 4.28. The van der Waals surface area contributed by atoms with Crippen LogP contribution in [0.5, 0.6) is 0 Å². The minimum Gasteiger partial charge on any atom is -0.466 e. The third-order valence-electron chi connectivity index (χ3n) is 4.28. The van der Waals surface area contributed by atoms with E-state index in [0.717, 1.165) is 44.9 Å². The highest BCUT2D eigenvalue weighted by atomic mass is 16.5. The van der Waals surface area contributed by atoms with Crippen molar-refractivity contribution in [1.82, 2.24) is 0 Å². The van der Waals surface area contributed by atoms with Gasteiger partial charge in [0.05, 0.1) is 6.61 Å². The van der Waals surface area contributed by atoms with Crippen molar-refractivity contribution in [1.29, 1.82) is 0 Å². The maximum atomic E-state index is 11.8. The molecule has 0 N–H and O–H groups in total. The highest BCUT2D eigenvalue weighted by molar-refractivity contribution is 5.75. The lowest BCUT2D eigenvalue weighted by molar-refractivity contribution is -0.145. The van der Waals surface area contributed by atoms with Gasteiger partial charge in [0.25, 0.3) is 0 Å². The summed E-state index contributed by atoms with van der Waals surface area (Å²) in [5.74, 6) is 1.21. The van der Waals surface area contributed by atoms with Crippen LogP contribution in [0.15, 0.2) is 12.2 Å². The van der Waals surface area contributed by atoms with E-state index in [2.05, 4.69) is 32.9 Å². The molecule has 0 aliphatic rings. The number of ketones is 1. The fraction of sp³-hybridized carbons (Fsp3) is 0.810. The van der Waals surface area contributed by atoms with Crippen LogP contribution in [0.4, 0.5) is 0 Å².